The lowest BCUT2D eigenvalue weighted by molar-refractivity contribution is -0.383. The molecule has 0 fully saturated rings. The molecule has 0 amide bonds. The first-order valence-corrected chi connectivity index (χ1v) is 8.74. The Morgan fingerprint density at radius 3 is 1.92 bits per heavy atom. The molecule has 0 spiro atoms. The monoisotopic (exact) mass is 413 g/mol. The first-order valence-electron chi connectivity index (χ1n) is 7.94. The fourth-order valence-corrected chi connectivity index (χ4v) is 2.63. The van der Waals surface area contributed by atoms with Crippen molar-refractivity contribution < 1.29 is 4.92 Å². The van der Waals surface area contributed by atoms with Gasteiger partial charge in [-0.15, -0.1) is 0 Å². The number of rotatable bonds is 6. The van der Waals surface area contributed by atoms with Crippen molar-refractivity contribution in [3.05, 3.63) is 75.0 Å². The molecule has 0 atom stereocenters. The van der Waals surface area contributed by atoms with Crippen LogP contribution in [0.25, 0.3) is 0 Å². The molecule has 0 saturated heterocycles. The number of nitrogens with one attached hydrogen (secondary N) is 2. The number of anilines is 4. The van der Waals surface area contributed by atoms with Crippen LogP contribution in [0.5, 0.6) is 0 Å². The summed E-state index contributed by atoms with van der Waals surface area (Å²) in [5.41, 5.74) is 2.38. The van der Waals surface area contributed by atoms with Crippen molar-refractivity contribution >= 4 is 44.6 Å². The van der Waals surface area contributed by atoms with Crippen molar-refractivity contribution in [2.24, 2.45) is 0 Å². The highest BCUT2D eigenvalue weighted by Gasteiger charge is 2.23. The molecule has 0 aliphatic heterocycles. The number of hydrogen-bond donors (Lipinski definition) is 2. The number of aryl methyl sites for hydroxylation is 1. The van der Waals surface area contributed by atoms with E-state index in [2.05, 4.69) is 43.5 Å². The van der Waals surface area contributed by atoms with Crippen LogP contribution in [0.1, 0.15) is 12.5 Å². The normalized spacial score (nSPS) is 10.4. The summed E-state index contributed by atoms with van der Waals surface area (Å²) >= 11 is 3.36. The third-order valence-corrected chi connectivity index (χ3v) is 4.27. The average Bonchev–Trinajstić information content (AvgIpc) is 2.64. The van der Waals surface area contributed by atoms with Crippen LogP contribution in [0, 0.1) is 10.1 Å². The first-order chi connectivity index (χ1) is 12.6. The summed E-state index contributed by atoms with van der Waals surface area (Å²) in [6.07, 6.45) is 2.21. The van der Waals surface area contributed by atoms with E-state index in [1.165, 1.54) is 11.9 Å². The second kappa shape index (κ2) is 7.92. The van der Waals surface area contributed by atoms with E-state index >= 15 is 0 Å². The van der Waals surface area contributed by atoms with Gasteiger partial charge < -0.3 is 10.6 Å². The van der Waals surface area contributed by atoms with Crippen LogP contribution in [0.3, 0.4) is 0 Å². The molecule has 8 heteroatoms. The highest BCUT2D eigenvalue weighted by atomic mass is 79.9. The average molecular weight is 414 g/mol. The van der Waals surface area contributed by atoms with Gasteiger partial charge in [-0.2, -0.15) is 0 Å². The lowest BCUT2D eigenvalue weighted by atomic mass is 10.1. The summed E-state index contributed by atoms with van der Waals surface area (Å²) in [4.78, 5) is 19.2. The third-order valence-electron chi connectivity index (χ3n) is 3.74. The predicted molar refractivity (Wildman–Crippen MR) is 105 cm³/mol. The quantitative estimate of drug-likeness (QED) is 0.426. The molecule has 3 aromatic rings. The van der Waals surface area contributed by atoms with Gasteiger partial charge in [0.2, 0.25) is 11.6 Å². The second-order valence-corrected chi connectivity index (χ2v) is 6.40. The summed E-state index contributed by atoms with van der Waals surface area (Å²) < 4.78 is 0.915. The van der Waals surface area contributed by atoms with E-state index in [4.69, 9.17) is 0 Å². The van der Waals surface area contributed by atoms with Crippen molar-refractivity contribution in [3.63, 3.8) is 0 Å². The van der Waals surface area contributed by atoms with Crippen molar-refractivity contribution in [2.45, 2.75) is 13.3 Å². The molecule has 0 unspecified atom stereocenters. The van der Waals surface area contributed by atoms with Gasteiger partial charge in [0.25, 0.3) is 0 Å². The zero-order chi connectivity index (χ0) is 18.5. The number of aromatic nitrogens is 2. The summed E-state index contributed by atoms with van der Waals surface area (Å²) in [6.45, 7) is 2.07. The lowest BCUT2D eigenvalue weighted by Gasteiger charge is -2.10. The van der Waals surface area contributed by atoms with Crippen LogP contribution in [0.2, 0.25) is 0 Å². The number of nitrogens with zero attached hydrogens (tertiary/aromatic N) is 3. The molecule has 7 nitrogen and oxygen atoms in total. The molecule has 0 saturated carbocycles. The van der Waals surface area contributed by atoms with Gasteiger partial charge in [0.05, 0.1) is 4.92 Å². The zero-order valence-electron chi connectivity index (χ0n) is 13.9. The van der Waals surface area contributed by atoms with Gasteiger partial charge in [0, 0.05) is 15.8 Å². The van der Waals surface area contributed by atoms with Crippen LogP contribution < -0.4 is 10.6 Å². The SMILES string of the molecule is CCc1ccc(Nc2ncnc(Nc3ccc(Br)cc3)c2[N+](=O)[O-])cc1. The summed E-state index contributed by atoms with van der Waals surface area (Å²) in [6, 6.07) is 14.9. The molecule has 132 valence electrons. The molecule has 3 rings (SSSR count). The standard InChI is InChI=1S/C18H16BrN5O2/c1-2-12-3-7-14(8-4-12)22-17-16(24(25)26)18(21-11-20-17)23-15-9-5-13(19)6-10-15/h3-11H,2H2,1H3,(H2,20,21,22,23). The Hall–Kier alpha value is -3.00. The summed E-state index contributed by atoms with van der Waals surface area (Å²) in [5.74, 6) is 0.258. The molecule has 1 heterocycles. The molecule has 2 N–H and O–H groups in total. The molecule has 0 radical (unpaired) electrons. The van der Waals surface area contributed by atoms with Crippen LogP contribution in [-0.4, -0.2) is 14.9 Å². The summed E-state index contributed by atoms with van der Waals surface area (Å²) in [7, 11) is 0. The van der Waals surface area contributed by atoms with E-state index in [0.717, 1.165) is 16.6 Å². The zero-order valence-corrected chi connectivity index (χ0v) is 15.5. The molecule has 0 aliphatic carbocycles. The van der Waals surface area contributed by atoms with Crippen molar-refractivity contribution in [1.29, 1.82) is 0 Å². The molecular formula is C18H16BrN5O2. The first kappa shape index (κ1) is 17.8. The van der Waals surface area contributed by atoms with E-state index in [1.54, 1.807) is 12.1 Å². The smallest absolute Gasteiger partial charge is 0.334 e. The molecule has 0 bridgehead atoms. The predicted octanol–water partition coefficient (Wildman–Crippen LogP) is 5.20. The maximum Gasteiger partial charge on any atom is 0.353 e. The largest absolute Gasteiger partial charge is 0.353 e. The minimum atomic E-state index is -0.496. The van der Waals surface area contributed by atoms with Gasteiger partial charge in [0.1, 0.15) is 6.33 Å². The molecule has 26 heavy (non-hydrogen) atoms. The topological polar surface area (TPSA) is 93.0 Å². The molecule has 2 aromatic carbocycles. The summed E-state index contributed by atoms with van der Waals surface area (Å²) in [5, 5.41) is 17.6. The van der Waals surface area contributed by atoms with Crippen LogP contribution in [0.15, 0.2) is 59.3 Å². The van der Waals surface area contributed by atoms with E-state index in [0.29, 0.717) is 5.69 Å². The van der Waals surface area contributed by atoms with Gasteiger partial charge in [-0.05, 0) is 48.4 Å². The van der Waals surface area contributed by atoms with Crippen molar-refractivity contribution in [2.75, 3.05) is 10.6 Å². The van der Waals surface area contributed by atoms with Crippen molar-refractivity contribution in [1.82, 2.24) is 9.97 Å². The van der Waals surface area contributed by atoms with E-state index in [9.17, 15) is 10.1 Å². The number of benzene rings is 2. The van der Waals surface area contributed by atoms with Crippen LogP contribution in [0.4, 0.5) is 28.7 Å². The Bertz CT molecular complexity index is 914. The highest BCUT2D eigenvalue weighted by Crippen LogP contribution is 2.33. The Morgan fingerprint density at radius 2 is 1.46 bits per heavy atom. The van der Waals surface area contributed by atoms with Gasteiger partial charge in [-0.1, -0.05) is 35.0 Å². The maximum atomic E-state index is 11.6. The second-order valence-electron chi connectivity index (χ2n) is 5.48. The third kappa shape index (κ3) is 4.15. The van der Waals surface area contributed by atoms with Crippen molar-refractivity contribution in [3.8, 4) is 0 Å². The van der Waals surface area contributed by atoms with Gasteiger partial charge in [-0.3, -0.25) is 10.1 Å². The Morgan fingerprint density at radius 1 is 0.962 bits per heavy atom. The number of hydrogen-bond acceptors (Lipinski definition) is 6. The lowest BCUT2D eigenvalue weighted by Crippen LogP contribution is -2.05. The van der Waals surface area contributed by atoms with E-state index < -0.39 is 4.92 Å². The molecular weight excluding hydrogens is 398 g/mol. The number of halogens is 1. The minimum Gasteiger partial charge on any atom is -0.334 e. The Labute approximate surface area is 158 Å². The molecule has 0 aliphatic rings. The van der Waals surface area contributed by atoms with E-state index in [1.807, 2.05) is 36.4 Å². The number of nitro groups is 1. The fraction of sp³-hybridized carbons (Fsp3) is 0.111. The maximum absolute atomic E-state index is 11.6. The van der Waals surface area contributed by atoms with Crippen LogP contribution in [-0.2, 0) is 6.42 Å². The Balaban J connectivity index is 1.92. The van der Waals surface area contributed by atoms with Crippen LogP contribution >= 0.6 is 15.9 Å². The van der Waals surface area contributed by atoms with E-state index in [-0.39, 0.29) is 17.3 Å². The molecule has 1 aromatic heterocycles. The van der Waals surface area contributed by atoms with Gasteiger partial charge in [0.15, 0.2) is 0 Å². The highest BCUT2D eigenvalue weighted by molar-refractivity contribution is 9.10. The minimum absolute atomic E-state index is 0.125. The van der Waals surface area contributed by atoms with Gasteiger partial charge >= 0.3 is 5.69 Å². The Kier molecular flexibility index (Phi) is 5.43. The fourth-order valence-electron chi connectivity index (χ4n) is 2.37. The van der Waals surface area contributed by atoms with Gasteiger partial charge in [-0.25, -0.2) is 9.97 Å².